The Kier molecular flexibility index (Phi) is 10.0. The number of benzene rings is 2. The second kappa shape index (κ2) is 13.0. The molecule has 1 saturated carbocycles. The molecular weight excluding hydrogens is 360 g/mol. The minimum Gasteiger partial charge on any atom is -0.0654 e. The molecule has 30 heavy (non-hydrogen) atoms. The van der Waals surface area contributed by atoms with Crippen LogP contribution in [0.2, 0.25) is 0 Å². The third kappa shape index (κ3) is 7.60. The predicted octanol–water partition coefficient (Wildman–Crippen LogP) is 9.86. The van der Waals surface area contributed by atoms with Crippen LogP contribution in [0.4, 0.5) is 0 Å². The zero-order chi connectivity index (χ0) is 21.0. The third-order valence-electron chi connectivity index (χ3n) is 7.33. The summed E-state index contributed by atoms with van der Waals surface area (Å²) in [6.07, 6.45) is 20.2. The molecule has 1 aliphatic carbocycles. The van der Waals surface area contributed by atoms with E-state index in [1.54, 1.807) is 5.56 Å². The van der Waals surface area contributed by atoms with Gasteiger partial charge in [-0.2, -0.15) is 0 Å². The summed E-state index contributed by atoms with van der Waals surface area (Å²) in [5, 5.41) is 0. The zero-order valence-electron chi connectivity index (χ0n) is 19.7. The van der Waals surface area contributed by atoms with Crippen molar-refractivity contribution < 1.29 is 0 Å². The highest BCUT2D eigenvalue weighted by molar-refractivity contribution is 5.64. The molecule has 2 aromatic rings. The largest absolute Gasteiger partial charge is 0.0654 e. The molecule has 0 N–H and O–H groups in total. The maximum absolute atomic E-state index is 2.39. The van der Waals surface area contributed by atoms with Gasteiger partial charge in [0.1, 0.15) is 0 Å². The van der Waals surface area contributed by atoms with Gasteiger partial charge in [0.2, 0.25) is 0 Å². The lowest BCUT2D eigenvalue weighted by Gasteiger charge is -2.29. The molecule has 0 atom stereocenters. The van der Waals surface area contributed by atoms with Gasteiger partial charge in [0.15, 0.2) is 0 Å². The van der Waals surface area contributed by atoms with E-state index in [0.717, 1.165) is 11.8 Å². The lowest BCUT2D eigenvalue weighted by molar-refractivity contribution is 0.302. The summed E-state index contributed by atoms with van der Waals surface area (Å²) in [7, 11) is 0. The Hall–Kier alpha value is -1.56. The smallest absolute Gasteiger partial charge is 0.0162 e. The number of rotatable bonds is 12. The van der Waals surface area contributed by atoms with E-state index in [1.807, 2.05) is 0 Å². The molecular formula is C30H44. The Balaban J connectivity index is 1.31. The first-order valence-corrected chi connectivity index (χ1v) is 12.9. The van der Waals surface area contributed by atoms with Gasteiger partial charge in [0, 0.05) is 0 Å². The molecule has 0 heterocycles. The highest BCUT2D eigenvalue weighted by Gasteiger charge is 2.22. The molecule has 164 valence electrons. The maximum atomic E-state index is 2.39. The van der Waals surface area contributed by atoms with Gasteiger partial charge in [-0.05, 0) is 61.1 Å². The quantitative estimate of drug-likeness (QED) is 0.309. The van der Waals surface area contributed by atoms with E-state index in [0.29, 0.717) is 0 Å². The molecule has 0 bridgehead atoms. The SMILES string of the molecule is CCCCCCCCCCCC1CCC(c2ccc(-c3ccc(C)cc3)cc2)CC1. The van der Waals surface area contributed by atoms with Crippen LogP contribution in [0, 0.1) is 12.8 Å². The maximum Gasteiger partial charge on any atom is -0.0162 e. The fourth-order valence-electron chi connectivity index (χ4n) is 5.22. The third-order valence-corrected chi connectivity index (χ3v) is 7.33. The van der Waals surface area contributed by atoms with Crippen molar-refractivity contribution in [1.29, 1.82) is 0 Å². The Labute approximate surface area is 186 Å². The van der Waals surface area contributed by atoms with Gasteiger partial charge in [-0.25, -0.2) is 0 Å². The number of hydrogen-bond donors (Lipinski definition) is 0. The summed E-state index contributed by atoms with van der Waals surface area (Å²) in [5.74, 6) is 1.79. The first-order valence-electron chi connectivity index (χ1n) is 12.9. The number of unbranched alkanes of at least 4 members (excludes halogenated alkanes) is 8. The van der Waals surface area contributed by atoms with Crippen molar-refractivity contribution in [3.05, 3.63) is 59.7 Å². The highest BCUT2D eigenvalue weighted by Crippen LogP contribution is 2.38. The molecule has 0 aliphatic heterocycles. The van der Waals surface area contributed by atoms with Crippen LogP contribution in [0.5, 0.6) is 0 Å². The average Bonchev–Trinajstić information content (AvgIpc) is 2.79. The van der Waals surface area contributed by atoms with Crippen LogP contribution in [-0.4, -0.2) is 0 Å². The summed E-state index contributed by atoms with van der Waals surface area (Å²) in [5.41, 5.74) is 5.57. The molecule has 1 fully saturated rings. The van der Waals surface area contributed by atoms with Crippen molar-refractivity contribution in [1.82, 2.24) is 0 Å². The first-order chi connectivity index (χ1) is 14.8. The van der Waals surface area contributed by atoms with Crippen LogP contribution in [-0.2, 0) is 0 Å². The predicted molar refractivity (Wildman–Crippen MR) is 133 cm³/mol. The fourth-order valence-corrected chi connectivity index (χ4v) is 5.22. The van der Waals surface area contributed by atoms with Gasteiger partial charge < -0.3 is 0 Å². The van der Waals surface area contributed by atoms with Gasteiger partial charge in [-0.1, -0.05) is 125 Å². The highest BCUT2D eigenvalue weighted by atomic mass is 14.3. The summed E-state index contributed by atoms with van der Waals surface area (Å²) in [6.45, 7) is 4.45. The van der Waals surface area contributed by atoms with Crippen molar-refractivity contribution in [3.63, 3.8) is 0 Å². The van der Waals surface area contributed by atoms with E-state index in [1.165, 1.54) is 107 Å². The van der Waals surface area contributed by atoms with Crippen LogP contribution in [0.3, 0.4) is 0 Å². The summed E-state index contributed by atoms with van der Waals surface area (Å²) in [4.78, 5) is 0. The Bertz CT molecular complexity index is 686. The van der Waals surface area contributed by atoms with E-state index >= 15 is 0 Å². The minimum atomic E-state index is 0.788. The van der Waals surface area contributed by atoms with E-state index in [4.69, 9.17) is 0 Å². The molecule has 2 aromatic carbocycles. The van der Waals surface area contributed by atoms with Crippen LogP contribution in [0.25, 0.3) is 11.1 Å². The monoisotopic (exact) mass is 404 g/mol. The van der Waals surface area contributed by atoms with Gasteiger partial charge >= 0.3 is 0 Å². The van der Waals surface area contributed by atoms with E-state index in [9.17, 15) is 0 Å². The molecule has 0 spiro atoms. The molecule has 0 radical (unpaired) electrons. The Morgan fingerprint density at radius 1 is 0.600 bits per heavy atom. The number of aryl methyl sites for hydroxylation is 1. The van der Waals surface area contributed by atoms with Crippen molar-refractivity contribution in [2.45, 2.75) is 110 Å². The second-order valence-corrected chi connectivity index (χ2v) is 9.82. The Morgan fingerprint density at radius 3 is 1.67 bits per heavy atom. The molecule has 0 heteroatoms. The first kappa shape index (κ1) is 23.1. The standard InChI is InChI=1S/C30H44/c1-3-4-5-6-7-8-9-10-11-12-26-15-19-28(20-16-26)30-23-21-29(22-24-30)27-17-13-25(2)14-18-27/h13-14,17-18,21-24,26,28H,3-12,15-16,19-20H2,1-2H3. The summed E-state index contributed by atoms with van der Waals surface area (Å²) < 4.78 is 0. The average molecular weight is 405 g/mol. The summed E-state index contributed by atoms with van der Waals surface area (Å²) >= 11 is 0. The van der Waals surface area contributed by atoms with Gasteiger partial charge in [0.25, 0.3) is 0 Å². The lowest BCUT2D eigenvalue weighted by atomic mass is 9.77. The zero-order valence-corrected chi connectivity index (χ0v) is 19.7. The van der Waals surface area contributed by atoms with Crippen LogP contribution in [0.15, 0.2) is 48.5 Å². The lowest BCUT2D eigenvalue weighted by Crippen LogP contribution is -2.13. The van der Waals surface area contributed by atoms with Crippen molar-refractivity contribution in [2.75, 3.05) is 0 Å². The molecule has 0 saturated heterocycles. The van der Waals surface area contributed by atoms with Crippen LogP contribution >= 0.6 is 0 Å². The molecule has 3 rings (SSSR count). The van der Waals surface area contributed by atoms with E-state index < -0.39 is 0 Å². The molecule has 0 nitrogen and oxygen atoms in total. The van der Waals surface area contributed by atoms with Crippen molar-refractivity contribution >= 4 is 0 Å². The normalized spacial score (nSPS) is 19.1. The molecule has 0 aromatic heterocycles. The van der Waals surface area contributed by atoms with Gasteiger partial charge in [0.05, 0.1) is 0 Å². The second-order valence-electron chi connectivity index (χ2n) is 9.82. The fraction of sp³-hybridized carbons (Fsp3) is 0.600. The van der Waals surface area contributed by atoms with Crippen molar-refractivity contribution in [3.8, 4) is 11.1 Å². The van der Waals surface area contributed by atoms with E-state index in [2.05, 4.69) is 62.4 Å². The van der Waals surface area contributed by atoms with E-state index in [-0.39, 0.29) is 0 Å². The van der Waals surface area contributed by atoms with Crippen LogP contribution in [0.1, 0.15) is 114 Å². The summed E-state index contributed by atoms with van der Waals surface area (Å²) in [6, 6.07) is 18.3. The minimum absolute atomic E-state index is 0.788. The van der Waals surface area contributed by atoms with Crippen LogP contribution < -0.4 is 0 Å². The number of hydrogen-bond acceptors (Lipinski definition) is 0. The molecule has 1 aliphatic rings. The molecule has 0 amide bonds. The van der Waals surface area contributed by atoms with Crippen molar-refractivity contribution in [2.24, 2.45) is 5.92 Å². The topological polar surface area (TPSA) is 0 Å². The van der Waals surface area contributed by atoms with Gasteiger partial charge in [-0.3, -0.25) is 0 Å². The van der Waals surface area contributed by atoms with Gasteiger partial charge in [-0.15, -0.1) is 0 Å². The molecule has 0 unspecified atom stereocenters. The Morgan fingerprint density at radius 2 is 1.10 bits per heavy atom.